The van der Waals surface area contributed by atoms with Gasteiger partial charge in [-0.1, -0.05) is 6.92 Å². The average Bonchev–Trinajstić information content (AvgIpc) is 2.42. The SMILES string of the molecule is CCCNC(=O)COC(=O)c1ccc(N)c([N+](=O)[O-])c1. The van der Waals surface area contributed by atoms with Gasteiger partial charge in [0, 0.05) is 12.6 Å². The van der Waals surface area contributed by atoms with E-state index in [1.807, 2.05) is 6.92 Å². The van der Waals surface area contributed by atoms with Gasteiger partial charge in [-0.05, 0) is 18.6 Å². The fraction of sp³-hybridized carbons (Fsp3) is 0.333. The van der Waals surface area contributed by atoms with Gasteiger partial charge in [0.1, 0.15) is 5.69 Å². The highest BCUT2D eigenvalue weighted by molar-refractivity contribution is 5.92. The maximum Gasteiger partial charge on any atom is 0.338 e. The number of esters is 1. The van der Waals surface area contributed by atoms with Crippen molar-refractivity contribution in [2.75, 3.05) is 18.9 Å². The number of nitrogens with one attached hydrogen (secondary N) is 1. The Bertz CT molecular complexity index is 530. The molecule has 0 aliphatic carbocycles. The van der Waals surface area contributed by atoms with Crippen molar-refractivity contribution in [2.24, 2.45) is 0 Å². The fourth-order valence-electron chi connectivity index (χ4n) is 1.36. The molecule has 8 nitrogen and oxygen atoms in total. The summed E-state index contributed by atoms with van der Waals surface area (Å²) in [5, 5.41) is 13.2. The lowest BCUT2D eigenvalue weighted by Gasteiger charge is -2.06. The molecular formula is C12H15N3O5. The summed E-state index contributed by atoms with van der Waals surface area (Å²) >= 11 is 0. The van der Waals surface area contributed by atoms with Crippen LogP contribution >= 0.6 is 0 Å². The molecule has 0 heterocycles. The minimum Gasteiger partial charge on any atom is -0.452 e. The molecule has 0 aromatic heterocycles. The second-order valence-corrected chi connectivity index (χ2v) is 3.96. The largest absolute Gasteiger partial charge is 0.452 e. The lowest BCUT2D eigenvalue weighted by atomic mass is 10.2. The molecule has 0 unspecified atom stereocenters. The number of benzene rings is 1. The Hall–Kier alpha value is -2.64. The summed E-state index contributed by atoms with van der Waals surface area (Å²) < 4.78 is 4.75. The number of ether oxygens (including phenoxy) is 1. The third-order valence-electron chi connectivity index (χ3n) is 2.37. The zero-order chi connectivity index (χ0) is 15.1. The molecule has 0 aliphatic heterocycles. The number of carbonyl (C=O) groups excluding carboxylic acids is 2. The van der Waals surface area contributed by atoms with Crippen LogP contribution in [0.5, 0.6) is 0 Å². The van der Waals surface area contributed by atoms with Gasteiger partial charge in [-0.25, -0.2) is 4.79 Å². The minimum absolute atomic E-state index is 0.0332. The number of nitro groups is 1. The lowest BCUT2D eigenvalue weighted by Crippen LogP contribution is -2.29. The number of nitrogens with zero attached hydrogens (tertiary/aromatic N) is 1. The van der Waals surface area contributed by atoms with E-state index in [1.54, 1.807) is 0 Å². The van der Waals surface area contributed by atoms with Crippen molar-refractivity contribution >= 4 is 23.3 Å². The third-order valence-corrected chi connectivity index (χ3v) is 2.37. The van der Waals surface area contributed by atoms with E-state index >= 15 is 0 Å². The maximum absolute atomic E-state index is 11.6. The van der Waals surface area contributed by atoms with Gasteiger partial charge in [0.2, 0.25) is 0 Å². The molecular weight excluding hydrogens is 266 g/mol. The summed E-state index contributed by atoms with van der Waals surface area (Å²) in [5.41, 5.74) is 4.95. The molecule has 0 spiro atoms. The van der Waals surface area contributed by atoms with Gasteiger partial charge < -0.3 is 15.8 Å². The summed E-state index contributed by atoms with van der Waals surface area (Å²) in [6, 6.07) is 3.56. The fourth-order valence-corrected chi connectivity index (χ4v) is 1.36. The number of hydrogen-bond acceptors (Lipinski definition) is 6. The Kier molecular flexibility index (Phi) is 5.45. The maximum atomic E-state index is 11.6. The first-order valence-corrected chi connectivity index (χ1v) is 5.93. The topological polar surface area (TPSA) is 125 Å². The van der Waals surface area contributed by atoms with Crippen molar-refractivity contribution in [1.82, 2.24) is 5.32 Å². The first-order chi connectivity index (χ1) is 9.45. The summed E-state index contributed by atoms with van der Waals surface area (Å²) in [4.78, 5) is 32.9. The number of hydrogen-bond donors (Lipinski definition) is 2. The van der Waals surface area contributed by atoms with Crippen molar-refractivity contribution < 1.29 is 19.2 Å². The normalized spacial score (nSPS) is 9.85. The molecule has 1 amide bonds. The molecule has 1 aromatic carbocycles. The third kappa shape index (κ3) is 4.23. The van der Waals surface area contributed by atoms with Crippen molar-refractivity contribution in [3.05, 3.63) is 33.9 Å². The van der Waals surface area contributed by atoms with E-state index in [0.29, 0.717) is 6.54 Å². The number of carbonyl (C=O) groups is 2. The Morgan fingerprint density at radius 1 is 1.45 bits per heavy atom. The van der Waals surface area contributed by atoms with Gasteiger partial charge in [-0.15, -0.1) is 0 Å². The van der Waals surface area contributed by atoms with Crippen LogP contribution in [0.1, 0.15) is 23.7 Å². The molecule has 3 N–H and O–H groups in total. The van der Waals surface area contributed by atoms with Crippen LogP contribution in [0.25, 0.3) is 0 Å². The number of nitrogen functional groups attached to an aromatic ring is 1. The van der Waals surface area contributed by atoms with E-state index in [9.17, 15) is 19.7 Å². The van der Waals surface area contributed by atoms with E-state index in [4.69, 9.17) is 10.5 Å². The number of nitro benzene ring substituents is 1. The molecule has 0 fully saturated rings. The van der Waals surface area contributed by atoms with E-state index in [1.165, 1.54) is 12.1 Å². The molecule has 0 saturated heterocycles. The van der Waals surface area contributed by atoms with Crippen molar-refractivity contribution in [1.29, 1.82) is 0 Å². The molecule has 108 valence electrons. The van der Waals surface area contributed by atoms with Crippen LogP contribution in [-0.4, -0.2) is 30.0 Å². The van der Waals surface area contributed by atoms with Crippen LogP contribution in [0.3, 0.4) is 0 Å². The Morgan fingerprint density at radius 3 is 2.75 bits per heavy atom. The molecule has 1 aromatic rings. The Morgan fingerprint density at radius 2 is 2.15 bits per heavy atom. The monoisotopic (exact) mass is 281 g/mol. The van der Waals surface area contributed by atoms with E-state index < -0.39 is 23.4 Å². The molecule has 0 aliphatic rings. The van der Waals surface area contributed by atoms with Crippen LogP contribution in [-0.2, 0) is 9.53 Å². The number of amides is 1. The van der Waals surface area contributed by atoms with Gasteiger partial charge in [0.15, 0.2) is 6.61 Å². The first-order valence-electron chi connectivity index (χ1n) is 5.93. The summed E-state index contributed by atoms with van der Waals surface area (Å²) in [5.74, 6) is -1.25. The predicted octanol–water partition coefficient (Wildman–Crippen LogP) is 0.860. The smallest absolute Gasteiger partial charge is 0.338 e. The van der Waals surface area contributed by atoms with Gasteiger partial charge in [0.25, 0.3) is 11.6 Å². The summed E-state index contributed by atoms with van der Waals surface area (Å²) in [6.07, 6.45) is 0.768. The van der Waals surface area contributed by atoms with Gasteiger partial charge in [-0.3, -0.25) is 14.9 Å². The van der Waals surface area contributed by atoms with Crippen molar-refractivity contribution in [2.45, 2.75) is 13.3 Å². The van der Waals surface area contributed by atoms with E-state index in [2.05, 4.69) is 5.32 Å². The highest BCUT2D eigenvalue weighted by Crippen LogP contribution is 2.22. The summed E-state index contributed by atoms with van der Waals surface area (Å²) in [7, 11) is 0. The average molecular weight is 281 g/mol. The van der Waals surface area contributed by atoms with E-state index in [0.717, 1.165) is 12.5 Å². The van der Waals surface area contributed by atoms with Crippen molar-refractivity contribution in [3.8, 4) is 0 Å². The van der Waals surface area contributed by atoms with Gasteiger partial charge in [0.05, 0.1) is 10.5 Å². The Labute approximate surface area is 115 Å². The number of nitrogens with two attached hydrogens (primary N) is 1. The van der Waals surface area contributed by atoms with Crippen LogP contribution in [0, 0.1) is 10.1 Å². The summed E-state index contributed by atoms with van der Waals surface area (Å²) in [6.45, 7) is 1.94. The molecule has 8 heteroatoms. The Balaban J connectivity index is 2.66. The number of rotatable bonds is 6. The second-order valence-electron chi connectivity index (χ2n) is 3.96. The molecule has 0 bridgehead atoms. The van der Waals surface area contributed by atoms with Gasteiger partial charge in [-0.2, -0.15) is 0 Å². The second kappa shape index (κ2) is 7.07. The minimum atomic E-state index is -0.820. The molecule has 0 saturated carbocycles. The highest BCUT2D eigenvalue weighted by Gasteiger charge is 2.17. The molecule has 20 heavy (non-hydrogen) atoms. The van der Waals surface area contributed by atoms with Crippen LogP contribution in [0.2, 0.25) is 0 Å². The van der Waals surface area contributed by atoms with Crippen LogP contribution < -0.4 is 11.1 Å². The lowest BCUT2D eigenvalue weighted by molar-refractivity contribution is -0.383. The van der Waals surface area contributed by atoms with Crippen LogP contribution in [0.4, 0.5) is 11.4 Å². The first kappa shape index (κ1) is 15.4. The highest BCUT2D eigenvalue weighted by atomic mass is 16.6. The molecule has 0 atom stereocenters. The van der Waals surface area contributed by atoms with E-state index in [-0.39, 0.29) is 16.9 Å². The van der Waals surface area contributed by atoms with Gasteiger partial charge >= 0.3 is 5.97 Å². The number of anilines is 1. The molecule has 1 rings (SSSR count). The predicted molar refractivity (Wildman–Crippen MR) is 71.1 cm³/mol. The standard InChI is InChI=1S/C12H15N3O5/c1-2-5-14-11(16)7-20-12(17)8-3-4-9(13)10(6-8)15(18)19/h3-4,6H,2,5,7,13H2,1H3,(H,14,16). The zero-order valence-corrected chi connectivity index (χ0v) is 10.9. The molecule has 0 radical (unpaired) electrons. The van der Waals surface area contributed by atoms with Crippen molar-refractivity contribution in [3.63, 3.8) is 0 Å². The quantitative estimate of drug-likeness (QED) is 0.345. The van der Waals surface area contributed by atoms with Crippen LogP contribution in [0.15, 0.2) is 18.2 Å². The zero-order valence-electron chi connectivity index (χ0n) is 10.9.